The molecule has 0 N–H and O–H groups in total. The van der Waals surface area contributed by atoms with Gasteiger partial charge in [0.15, 0.2) is 15.7 Å². The van der Waals surface area contributed by atoms with Crippen molar-refractivity contribution in [2.24, 2.45) is 0 Å². The average molecular weight is 369 g/mol. The fourth-order valence-corrected chi connectivity index (χ4v) is 3.39. The molecule has 0 bridgehead atoms. The molecule has 3 aromatic rings. The Hall–Kier alpha value is -2.69. The minimum Gasteiger partial charge on any atom is -0.334 e. The van der Waals surface area contributed by atoms with E-state index in [1.807, 2.05) is 0 Å². The minimum atomic E-state index is -3.68. The first kappa shape index (κ1) is 17.1. The molecule has 0 saturated carbocycles. The highest BCUT2D eigenvalue weighted by molar-refractivity contribution is 7.89. The summed E-state index contributed by atoms with van der Waals surface area (Å²) in [4.78, 5) is 7.79. The predicted octanol–water partition coefficient (Wildman–Crippen LogP) is 1.55. The molecule has 0 fully saturated rings. The molecule has 0 spiro atoms. The molecule has 0 unspecified atom stereocenters. The first-order chi connectivity index (χ1) is 12.0. The Balaban J connectivity index is 1.74. The molecule has 0 amide bonds. The molecule has 0 atom stereocenters. The summed E-state index contributed by atoms with van der Waals surface area (Å²) in [5, 5.41) is 7.37. The van der Waals surface area contributed by atoms with Gasteiger partial charge in [0.05, 0.1) is 6.54 Å². The van der Waals surface area contributed by atoms with Gasteiger partial charge in [0.25, 0.3) is 5.89 Å². The van der Waals surface area contributed by atoms with E-state index in [9.17, 15) is 17.2 Å². The summed E-state index contributed by atoms with van der Waals surface area (Å²) < 4.78 is 56.3. The molecule has 11 heteroatoms. The molecular weight excluding hydrogens is 356 g/mol. The van der Waals surface area contributed by atoms with Crippen LogP contribution in [0.25, 0.3) is 11.5 Å². The summed E-state index contributed by atoms with van der Waals surface area (Å²) >= 11 is 0. The summed E-state index contributed by atoms with van der Waals surface area (Å²) in [6.45, 7) is -0.755. The molecule has 2 aromatic heterocycles. The number of hydrogen-bond donors (Lipinski definition) is 0. The van der Waals surface area contributed by atoms with Gasteiger partial charge in [-0.3, -0.25) is 0 Å². The summed E-state index contributed by atoms with van der Waals surface area (Å²) in [6.07, 6.45) is 1.16. The summed E-state index contributed by atoms with van der Waals surface area (Å²) in [5.41, 5.74) is 0.346. The maximum atomic E-state index is 13.2. The highest BCUT2D eigenvalue weighted by Crippen LogP contribution is 2.19. The molecule has 0 aliphatic rings. The lowest BCUT2D eigenvalue weighted by Crippen LogP contribution is -2.14. The molecule has 0 radical (unpaired) electrons. The molecule has 0 aliphatic carbocycles. The third-order valence-electron chi connectivity index (χ3n) is 3.23. The Kier molecular flexibility index (Phi) is 4.83. The van der Waals surface area contributed by atoms with Crippen molar-refractivity contribution in [2.75, 3.05) is 6.67 Å². The first-order valence-electron chi connectivity index (χ1n) is 7.18. The number of sulfone groups is 1. The molecule has 25 heavy (non-hydrogen) atoms. The average Bonchev–Trinajstić information content (AvgIpc) is 3.17. The normalized spacial score (nSPS) is 11.8. The molecule has 3 rings (SSSR count). The highest BCUT2D eigenvalue weighted by atomic mass is 32.2. The second-order valence-electron chi connectivity index (χ2n) is 5.15. The number of rotatable bonds is 7. The van der Waals surface area contributed by atoms with Gasteiger partial charge < -0.3 is 4.52 Å². The van der Waals surface area contributed by atoms with Gasteiger partial charge in [-0.2, -0.15) is 10.1 Å². The van der Waals surface area contributed by atoms with Crippen LogP contribution >= 0.6 is 0 Å². The monoisotopic (exact) mass is 369 g/mol. The number of nitrogens with zero attached hydrogens (tertiary/aromatic N) is 5. The molecule has 0 saturated heterocycles. The highest BCUT2D eigenvalue weighted by Gasteiger charge is 2.21. The lowest BCUT2D eigenvalue weighted by atomic mass is 10.2. The number of aromatic nitrogens is 5. The summed E-state index contributed by atoms with van der Waals surface area (Å²) in [6, 6.07) is 5.50. The number of hydrogen-bond acceptors (Lipinski definition) is 7. The molecule has 2 heterocycles. The first-order valence-corrected chi connectivity index (χ1v) is 9.00. The van der Waals surface area contributed by atoms with E-state index in [0.29, 0.717) is 5.56 Å². The van der Waals surface area contributed by atoms with E-state index in [0.717, 1.165) is 6.33 Å². The number of benzene rings is 1. The second kappa shape index (κ2) is 7.05. The van der Waals surface area contributed by atoms with Crippen molar-refractivity contribution >= 4 is 9.84 Å². The van der Waals surface area contributed by atoms with E-state index < -0.39 is 33.8 Å². The topological polar surface area (TPSA) is 104 Å². The Morgan fingerprint density at radius 1 is 1.24 bits per heavy atom. The lowest BCUT2D eigenvalue weighted by Gasteiger charge is -2.03. The van der Waals surface area contributed by atoms with E-state index in [1.165, 1.54) is 22.9 Å². The number of halogens is 2. The van der Waals surface area contributed by atoms with Gasteiger partial charge in [0, 0.05) is 5.56 Å². The zero-order valence-electron chi connectivity index (χ0n) is 12.8. The van der Waals surface area contributed by atoms with Gasteiger partial charge in [-0.15, -0.1) is 0 Å². The van der Waals surface area contributed by atoms with Crippen LogP contribution in [0.15, 0.2) is 35.1 Å². The van der Waals surface area contributed by atoms with Crippen LogP contribution in [0.1, 0.15) is 11.6 Å². The Bertz CT molecular complexity index is 970. The Morgan fingerprint density at radius 2 is 2.08 bits per heavy atom. The lowest BCUT2D eigenvalue weighted by molar-refractivity contribution is 0.420. The smallest absolute Gasteiger partial charge is 0.258 e. The van der Waals surface area contributed by atoms with Crippen LogP contribution in [0.3, 0.4) is 0 Å². The van der Waals surface area contributed by atoms with Gasteiger partial charge in [0.1, 0.15) is 36.1 Å². The molecular formula is C14H13F2N5O3S. The minimum absolute atomic E-state index is 0.0188. The van der Waals surface area contributed by atoms with Crippen LogP contribution < -0.4 is 0 Å². The molecule has 8 nitrogen and oxygen atoms in total. The zero-order valence-corrected chi connectivity index (χ0v) is 13.7. The van der Waals surface area contributed by atoms with Gasteiger partial charge in [-0.25, -0.2) is 26.9 Å². The van der Waals surface area contributed by atoms with E-state index in [4.69, 9.17) is 4.52 Å². The number of aryl methyl sites for hydroxylation is 1. The second-order valence-corrected chi connectivity index (χ2v) is 7.21. The van der Waals surface area contributed by atoms with Gasteiger partial charge in [-0.1, -0.05) is 11.2 Å². The van der Waals surface area contributed by atoms with E-state index in [1.54, 1.807) is 6.07 Å². The van der Waals surface area contributed by atoms with Crippen molar-refractivity contribution in [3.05, 3.63) is 48.1 Å². The van der Waals surface area contributed by atoms with Crippen molar-refractivity contribution in [1.29, 1.82) is 0 Å². The maximum Gasteiger partial charge on any atom is 0.258 e. The molecule has 1 aromatic carbocycles. The largest absolute Gasteiger partial charge is 0.334 e. The fourth-order valence-electron chi connectivity index (χ4n) is 2.16. The fraction of sp³-hybridized carbons (Fsp3) is 0.286. The summed E-state index contributed by atoms with van der Waals surface area (Å²) in [5.74, 6) is -1.31. The van der Waals surface area contributed by atoms with E-state index >= 15 is 0 Å². The SMILES string of the molecule is O=S(=O)(Cc1noc(-c2cccc(F)c2)n1)Cc1ncnn1CCF. The van der Waals surface area contributed by atoms with Crippen LogP contribution in [0.5, 0.6) is 0 Å². The van der Waals surface area contributed by atoms with Crippen molar-refractivity contribution in [3.63, 3.8) is 0 Å². The Morgan fingerprint density at radius 3 is 2.84 bits per heavy atom. The van der Waals surface area contributed by atoms with Gasteiger partial charge >= 0.3 is 0 Å². The van der Waals surface area contributed by atoms with E-state index in [2.05, 4.69) is 20.2 Å². The third kappa shape index (κ3) is 4.24. The van der Waals surface area contributed by atoms with Crippen LogP contribution in [0.4, 0.5) is 8.78 Å². The zero-order chi connectivity index (χ0) is 17.9. The predicted molar refractivity (Wildman–Crippen MR) is 82.0 cm³/mol. The molecule has 132 valence electrons. The van der Waals surface area contributed by atoms with Gasteiger partial charge in [0.2, 0.25) is 0 Å². The standard InChI is InChI=1S/C14H13F2N5O3S/c15-4-5-21-13(17-9-18-21)8-25(22,23)7-12-19-14(24-20-12)10-2-1-3-11(16)6-10/h1-3,6,9H,4-5,7-8H2. The third-order valence-corrected chi connectivity index (χ3v) is 4.63. The van der Waals surface area contributed by atoms with Crippen LogP contribution in [-0.4, -0.2) is 40.0 Å². The van der Waals surface area contributed by atoms with Crippen molar-refractivity contribution in [3.8, 4) is 11.5 Å². The van der Waals surface area contributed by atoms with Crippen LogP contribution in [-0.2, 0) is 27.9 Å². The van der Waals surface area contributed by atoms with Gasteiger partial charge in [-0.05, 0) is 18.2 Å². The van der Waals surface area contributed by atoms with Crippen molar-refractivity contribution in [1.82, 2.24) is 24.9 Å². The van der Waals surface area contributed by atoms with Crippen molar-refractivity contribution < 1.29 is 21.7 Å². The quantitative estimate of drug-likeness (QED) is 0.622. The van der Waals surface area contributed by atoms with Crippen LogP contribution in [0.2, 0.25) is 0 Å². The van der Waals surface area contributed by atoms with Crippen LogP contribution in [0, 0.1) is 5.82 Å². The van der Waals surface area contributed by atoms with E-state index in [-0.39, 0.29) is 24.1 Å². The maximum absolute atomic E-state index is 13.2. The summed E-state index contributed by atoms with van der Waals surface area (Å²) in [7, 11) is -3.68. The number of alkyl halides is 1. The Labute approximate surface area is 141 Å². The molecule has 0 aliphatic heterocycles. The van der Waals surface area contributed by atoms with Crippen molar-refractivity contribution in [2.45, 2.75) is 18.1 Å².